The number of esters is 1. The molecule has 0 aromatic carbocycles. The van der Waals surface area contributed by atoms with E-state index in [1.54, 1.807) is 0 Å². The molecule has 3 nitrogen and oxygen atoms in total. The van der Waals surface area contributed by atoms with Crippen LogP contribution in [0.25, 0.3) is 0 Å². The molecule has 1 saturated heterocycles. The SMILES string of the molecule is O=C1OC(CBr)C(O)[C@H]1Br. The molecule has 5 heteroatoms. The summed E-state index contributed by atoms with van der Waals surface area (Å²) < 4.78 is 4.75. The summed E-state index contributed by atoms with van der Waals surface area (Å²) in [6.45, 7) is 0. The summed E-state index contributed by atoms with van der Waals surface area (Å²) in [7, 11) is 0. The molecule has 3 atom stereocenters. The van der Waals surface area contributed by atoms with Crippen molar-refractivity contribution in [2.24, 2.45) is 0 Å². The van der Waals surface area contributed by atoms with Gasteiger partial charge < -0.3 is 9.84 Å². The lowest BCUT2D eigenvalue weighted by Crippen LogP contribution is -2.27. The molecule has 1 aliphatic heterocycles. The van der Waals surface area contributed by atoms with E-state index in [0.717, 1.165) is 0 Å². The van der Waals surface area contributed by atoms with Gasteiger partial charge in [-0.05, 0) is 0 Å². The first-order valence-electron chi connectivity index (χ1n) is 2.75. The highest BCUT2D eigenvalue weighted by molar-refractivity contribution is 9.10. The number of rotatable bonds is 1. The summed E-state index contributed by atoms with van der Waals surface area (Å²) in [6.07, 6.45) is -1.14. The number of halogens is 2. The molecule has 0 bridgehead atoms. The number of cyclic esters (lactones) is 1. The fourth-order valence-corrected chi connectivity index (χ4v) is 1.70. The average Bonchev–Trinajstić information content (AvgIpc) is 2.17. The molecule has 10 heavy (non-hydrogen) atoms. The Morgan fingerprint density at radius 1 is 1.70 bits per heavy atom. The van der Waals surface area contributed by atoms with E-state index in [2.05, 4.69) is 31.9 Å². The number of carbonyl (C=O) groups excluding carboxylic acids is 1. The van der Waals surface area contributed by atoms with Gasteiger partial charge in [-0.1, -0.05) is 31.9 Å². The van der Waals surface area contributed by atoms with E-state index in [1.807, 2.05) is 0 Å². The zero-order chi connectivity index (χ0) is 7.72. The molecule has 0 spiro atoms. The van der Waals surface area contributed by atoms with Crippen molar-refractivity contribution in [3.63, 3.8) is 0 Å². The maximum atomic E-state index is 10.7. The van der Waals surface area contributed by atoms with Gasteiger partial charge in [0.25, 0.3) is 0 Å². The van der Waals surface area contributed by atoms with E-state index in [9.17, 15) is 9.90 Å². The molecule has 1 rings (SSSR count). The summed E-state index contributed by atoms with van der Waals surface area (Å²) >= 11 is 6.12. The molecular weight excluding hydrogens is 268 g/mol. The predicted molar refractivity (Wildman–Crippen MR) is 42.4 cm³/mol. The summed E-state index contributed by atoms with van der Waals surface area (Å²) in [5.41, 5.74) is 0. The Morgan fingerprint density at radius 2 is 2.30 bits per heavy atom. The number of ether oxygens (including phenoxy) is 1. The van der Waals surface area contributed by atoms with E-state index < -0.39 is 23.0 Å². The molecule has 0 amide bonds. The Hall–Kier alpha value is 0.390. The van der Waals surface area contributed by atoms with Gasteiger partial charge in [-0.2, -0.15) is 0 Å². The van der Waals surface area contributed by atoms with Gasteiger partial charge in [-0.15, -0.1) is 0 Å². The Morgan fingerprint density at radius 3 is 2.50 bits per heavy atom. The van der Waals surface area contributed by atoms with Gasteiger partial charge in [0.2, 0.25) is 0 Å². The maximum Gasteiger partial charge on any atom is 0.322 e. The monoisotopic (exact) mass is 272 g/mol. The van der Waals surface area contributed by atoms with Gasteiger partial charge in [-0.25, -0.2) is 0 Å². The van der Waals surface area contributed by atoms with E-state index in [4.69, 9.17) is 4.74 Å². The molecular formula is C5H6Br2O3. The van der Waals surface area contributed by atoms with Crippen molar-refractivity contribution in [1.29, 1.82) is 0 Å². The molecule has 58 valence electrons. The van der Waals surface area contributed by atoms with Crippen LogP contribution in [-0.2, 0) is 9.53 Å². The third-order valence-corrected chi connectivity index (χ3v) is 2.88. The van der Waals surface area contributed by atoms with Gasteiger partial charge in [0.15, 0.2) is 0 Å². The number of aliphatic hydroxyl groups excluding tert-OH is 1. The zero-order valence-corrected chi connectivity index (χ0v) is 8.13. The van der Waals surface area contributed by atoms with Gasteiger partial charge >= 0.3 is 5.97 Å². The highest BCUT2D eigenvalue weighted by atomic mass is 79.9. The molecule has 1 aliphatic rings. The van der Waals surface area contributed by atoms with E-state index in [1.165, 1.54) is 0 Å². The molecule has 1 fully saturated rings. The Bertz CT molecular complexity index is 150. The number of aliphatic hydroxyl groups is 1. The second kappa shape index (κ2) is 3.19. The van der Waals surface area contributed by atoms with Crippen LogP contribution in [0.15, 0.2) is 0 Å². The predicted octanol–water partition coefficient (Wildman–Crippen LogP) is 0.431. The van der Waals surface area contributed by atoms with E-state index in [-0.39, 0.29) is 0 Å². The minimum Gasteiger partial charge on any atom is -0.458 e. The lowest BCUT2D eigenvalue weighted by molar-refractivity contribution is -0.140. The molecule has 0 aliphatic carbocycles. The summed E-state index contributed by atoms with van der Waals surface area (Å²) in [5.74, 6) is -0.392. The van der Waals surface area contributed by atoms with Crippen molar-refractivity contribution < 1.29 is 14.6 Å². The minimum absolute atomic E-state index is 0.392. The maximum absolute atomic E-state index is 10.7. The first-order valence-corrected chi connectivity index (χ1v) is 4.79. The van der Waals surface area contributed by atoms with Crippen molar-refractivity contribution in [1.82, 2.24) is 0 Å². The quantitative estimate of drug-likeness (QED) is 0.557. The zero-order valence-electron chi connectivity index (χ0n) is 4.96. The van der Waals surface area contributed by atoms with Gasteiger partial charge in [0, 0.05) is 5.33 Å². The van der Waals surface area contributed by atoms with Crippen molar-refractivity contribution in [2.75, 3.05) is 5.33 Å². The molecule has 1 N–H and O–H groups in total. The summed E-state index contributed by atoms with van der Waals surface area (Å²) in [4.78, 5) is 10.1. The van der Waals surface area contributed by atoms with Gasteiger partial charge in [0.1, 0.15) is 17.0 Å². The Kier molecular flexibility index (Phi) is 2.71. The topological polar surface area (TPSA) is 46.5 Å². The van der Waals surface area contributed by atoms with Crippen LogP contribution in [0.4, 0.5) is 0 Å². The lowest BCUT2D eigenvalue weighted by Gasteiger charge is -2.08. The standard InChI is InChI=1S/C5H6Br2O3/c6-1-2-4(8)3(7)5(9)10-2/h2-4,8H,1H2/t2?,3-,4?/m1/s1. The van der Waals surface area contributed by atoms with Gasteiger partial charge in [0.05, 0.1) is 0 Å². The normalized spacial score (nSPS) is 39.9. The van der Waals surface area contributed by atoms with Crippen LogP contribution in [0.5, 0.6) is 0 Å². The highest BCUT2D eigenvalue weighted by Gasteiger charge is 2.41. The third-order valence-electron chi connectivity index (χ3n) is 1.33. The van der Waals surface area contributed by atoms with Crippen molar-refractivity contribution in [3.8, 4) is 0 Å². The van der Waals surface area contributed by atoms with Crippen molar-refractivity contribution in [2.45, 2.75) is 17.0 Å². The van der Waals surface area contributed by atoms with Crippen LogP contribution in [0.3, 0.4) is 0 Å². The van der Waals surface area contributed by atoms with Crippen LogP contribution in [0, 0.1) is 0 Å². The lowest BCUT2D eigenvalue weighted by atomic mass is 10.2. The number of carbonyl (C=O) groups is 1. The van der Waals surface area contributed by atoms with Gasteiger partial charge in [-0.3, -0.25) is 4.79 Å². The van der Waals surface area contributed by atoms with Crippen LogP contribution in [0.2, 0.25) is 0 Å². The average molecular weight is 274 g/mol. The number of hydrogen-bond acceptors (Lipinski definition) is 3. The van der Waals surface area contributed by atoms with Crippen molar-refractivity contribution in [3.05, 3.63) is 0 Å². The third kappa shape index (κ3) is 1.35. The molecule has 1 heterocycles. The first-order chi connectivity index (χ1) is 4.66. The second-order valence-corrected chi connectivity index (χ2v) is 3.66. The largest absolute Gasteiger partial charge is 0.458 e. The highest BCUT2D eigenvalue weighted by Crippen LogP contribution is 2.23. The molecule has 0 aromatic heterocycles. The van der Waals surface area contributed by atoms with Crippen molar-refractivity contribution >= 4 is 37.8 Å². The Balaban J connectivity index is 2.61. The summed E-state index contributed by atoms with van der Waals surface area (Å²) in [5, 5.41) is 9.68. The number of alkyl halides is 2. The van der Waals surface area contributed by atoms with E-state index >= 15 is 0 Å². The molecule has 2 unspecified atom stereocenters. The van der Waals surface area contributed by atoms with Crippen LogP contribution >= 0.6 is 31.9 Å². The molecule has 0 aromatic rings. The molecule has 0 saturated carbocycles. The first kappa shape index (κ1) is 8.49. The fourth-order valence-electron chi connectivity index (χ4n) is 0.735. The molecule has 0 radical (unpaired) electrons. The smallest absolute Gasteiger partial charge is 0.322 e. The number of hydrogen-bond donors (Lipinski definition) is 1. The van der Waals surface area contributed by atoms with Crippen LogP contribution in [-0.4, -0.2) is 33.4 Å². The fraction of sp³-hybridized carbons (Fsp3) is 0.800. The summed E-state index contributed by atoms with van der Waals surface area (Å²) in [6, 6.07) is 0. The van der Waals surface area contributed by atoms with E-state index in [0.29, 0.717) is 5.33 Å². The Labute approximate surface area is 75.0 Å². The minimum atomic E-state index is -0.730. The van der Waals surface area contributed by atoms with Crippen LogP contribution in [0.1, 0.15) is 0 Å². The second-order valence-electron chi connectivity index (χ2n) is 2.02. The van der Waals surface area contributed by atoms with Crippen LogP contribution < -0.4 is 0 Å².